The third-order valence-electron chi connectivity index (χ3n) is 2.29. The van der Waals surface area contributed by atoms with Crippen molar-refractivity contribution >= 4 is 34.0 Å². The molecule has 1 rings (SSSR count). The lowest BCUT2D eigenvalue weighted by Crippen LogP contribution is -2.32. The summed E-state index contributed by atoms with van der Waals surface area (Å²) in [6.45, 7) is 1.55. The summed E-state index contributed by atoms with van der Waals surface area (Å²) in [5, 5.41) is 2.55. The molecule has 0 saturated heterocycles. The van der Waals surface area contributed by atoms with Crippen molar-refractivity contribution in [1.29, 1.82) is 0 Å². The smallest absolute Gasteiger partial charge is 0.242 e. The molecule has 0 saturated carbocycles. The molecule has 1 atom stereocenters. The molecule has 0 radical (unpaired) electrons. The summed E-state index contributed by atoms with van der Waals surface area (Å²) in [7, 11) is -0.611. The van der Waals surface area contributed by atoms with E-state index < -0.39 is 16.1 Å². The van der Waals surface area contributed by atoms with Crippen LogP contribution in [0, 0.1) is 0 Å². The van der Waals surface area contributed by atoms with E-state index in [1.807, 2.05) is 0 Å². The first-order valence-electron chi connectivity index (χ1n) is 5.34. The Morgan fingerprint density at radius 3 is 2.42 bits per heavy atom. The van der Waals surface area contributed by atoms with E-state index in [1.165, 1.54) is 26.2 Å². The quantitative estimate of drug-likeness (QED) is 0.854. The second-order valence-corrected chi connectivity index (χ2v) is 6.25. The van der Waals surface area contributed by atoms with E-state index >= 15 is 0 Å². The highest BCUT2D eigenvalue weighted by atomic mass is 35.5. The first-order chi connectivity index (χ1) is 8.25. The van der Waals surface area contributed by atoms with Crippen LogP contribution in [-0.4, -0.2) is 38.8 Å². The summed E-state index contributed by atoms with van der Waals surface area (Å²) >= 11 is 0. The van der Waals surface area contributed by atoms with Crippen molar-refractivity contribution in [2.75, 3.05) is 19.4 Å². The molecule has 1 unspecified atom stereocenters. The molecule has 8 heteroatoms. The van der Waals surface area contributed by atoms with Crippen LogP contribution in [0.1, 0.15) is 6.92 Å². The number of anilines is 1. The number of halogens is 1. The minimum Gasteiger partial charge on any atom is -0.325 e. The number of carbonyl (C=O) groups is 1. The maximum Gasteiger partial charge on any atom is 0.242 e. The summed E-state index contributed by atoms with van der Waals surface area (Å²) < 4.78 is 24.9. The molecule has 0 heterocycles. The third-order valence-corrected chi connectivity index (χ3v) is 4.10. The van der Waals surface area contributed by atoms with Gasteiger partial charge in [0, 0.05) is 19.8 Å². The van der Waals surface area contributed by atoms with Crippen LogP contribution >= 0.6 is 12.4 Å². The Labute approximate surface area is 119 Å². The standard InChI is InChI=1S/C11H17N3O3S.ClH/c1-8(12)11(15)13-9-5-4-6-10(7-9)18(16,17)14(2)3;/h4-8H,12H2,1-3H3,(H,13,15);1H. The van der Waals surface area contributed by atoms with Gasteiger partial charge < -0.3 is 11.1 Å². The summed E-state index contributed by atoms with van der Waals surface area (Å²) in [5.74, 6) is -0.366. The lowest BCUT2D eigenvalue weighted by molar-refractivity contribution is -0.117. The fraction of sp³-hybridized carbons (Fsp3) is 0.364. The topological polar surface area (TPSA) is 92.5 Å². The summed E-state index contributed by atoms with van der Waals surface area (Å²) in [4.78, 5) is 11.5. The van der Waals surface area contributed by atoms with E-state index in [4.69, 9.17) is 5.73 Å². The molecule has 108 valence electrons. The van der Waals surface area contributed by atoms with Gasteiger partial charge in [0.25, 0.3) is 0 Å². The molecule has 6 nitrogen and oxygen atoms in total. The second-order valence-electron chi connectivity index (χ2n) is 4.09. The van der Waals surface area contributed by atoms with Crippen LogP contribution in [0.2, 0.25) is 0 Å². The van der Waals surface area contributed by atoms with Crippen LogP contribution in [0.25, 0.3) is 0 Å². The third kappa shape index (κ3) is 4.46. The molecule has 0 aromatic heterocycles. The zero-order valence-electron chi connectivity index (χ0n) is 11.0. The van der Waals surface area contributed by atoms with Crippen LogP contribution < -0.4 is 11.1 Å². The van der Waals surface area contributed by atoms with Gasteiger partial charge in [0.1, 0.15) is 0 Å². The zero-order valence-corrected chi connectivity index (χ0v) is 12.6. The molecule has 1 aromatic rings. The van der Waals surface area contributed by atoms with E-state index in [-0.39, 0.29) is 23.2 Å². The molecule has 0 spiro atoms. The number of benzene rings is 1. The fourth-order valence-electron chi connectivity index (χ4n) is 1.20. The van der Waals surface area contributed by atoms with Gasteiger partial charge in [-0.15, -0.1) is 12.4 Å². The van der Waals surface area contributed by atoms with E-state index in [1.54, 1.807) is 19.1 Å². The first-order valence-corrected chi connectivity index (χ1v) is 6.78. The Hall–Kier alpha value is -1.15. The van der Waals surface area contributed by atoms with Crippen molar-refractivity contribution in [2.24, 2.45) is 5.73 Å². The van der Waals surface area contributed by atoms with E-state index in [2.05, 4.69) is 5.32 Å². The van der Waals surface area contributed by atoms with Crippen LogP contribution in [0.4, 0.5) is 5.69 Å². The molecule has 3 N–H and O–H groups in total. The minimum absolute atomic E-state index is 0. The number of nitrogens with two attached hydrogens (primary N) is 1. The normalized spacial score (nSPS) is 12.7. The van der Waals surface area contributed by atoms with E-state index in [0.717, 1.165) is 4.31 Å². The Kier molecular flexibility index (Phi) is 6.44. The number of hydrogen-bond donors (Lipinski definition) is 2. The van der Waals surface area contributed by atoms with Gasteiger partial charge in [-0.05, 0) is 25.1 Å². The molecule has 1 amide bonds. The number of amides is 1. The van der Waals surface area contributed by atoms with Gasteiger partial charge in [-0.1, -0.05) is 6.07 Å². The van der Waals surface area contributed by atoms with Gasteiger partial charge in [0.2, 0.25) is 15.9 Å². The Morgan fingerprint density at radius 1 is 1.37 bits per heavy atom. The Balaban J connectivity index is 0.00000324. The maximum atomic E-state index is 11.9. The van der Waals surface area contributed by atoms with Crippen molar-refractivity contribution < 1.29 is 13.2 Å². The van der Waals surface area contributed by atoms with Crippen LogP contribution in [0.3, 0.4) is 0 Å². The molecule has 0 aliphatic carbocycles. The average Bonchev–Trinajstić information content (AvgIpc) is 2.28. The van der Waals surface area contributed by atoms with Gasteiger partial charge in [-0.3, -0.25) is 4.79 Å². The maximum absolute atomic E-state index is 11.9. The number of nitrogens with one attached hydrogen (secondary N) is 1. The Bertz CT molecular complexity index is 544. The molecule has 0 bridgehead atoms. The highest BCUT2D eigenvalue weighted by Crippen LogP contribution is 2.17. The zero-order chi connectivity index (χ0) is 13.9. The lowest BCUT2D eigenvalue weighted by atomic mass is 10.3. The summed E-state index contributed by atoms with van der Waals surface area (Å²) in [6.07, 6.45) is 0. The van der Waals surface area contributed by atoms with E-state index in [9.17, 15) is 13.2 Å². The predicted octanol–water partition coefficient (Wildman–Crippen LogP) is 0.644. The SMILES string of the molecule is CC(N)C(=O)Nc1cccc(S(=O)(=O)N(C)C)c1.Cl. The van der Waals surface area contributed by atoms with Crippen LogP contribution in [-0.2, 0) is 14.8 Å². The first kappa shape index (κ1) is 17.8. The van der Waals surface area contributed by atoms with Crippen molar-refractivity contribution in [1.82, 2.24) is 4.31 Å². The number of carbonyl (C=O) groups excluding carboxylic acids is 1. The minimum atomic E-state index is -3.50. The highest BCUT2D eigenvalue weighted by Gasteiger charge is 2.17. The van der Waals surface area contributed by atoms with E-state index in [0.29, 0.717) is 5.69 Å². The van der Waals surface area contributed by atoms with Gasteiger partial charge in [0.05, 0.1) is 10.9 Å². The molecule has 0 aliphatic heterocycles. The molecule has 1 aromatic carbocycles. The van der Waals surface area contributed by atoms with Crippen LogP contribution in [0.5, 0.6) is 0 Å². The molecule has 0 fully saturated rings. The number of nitrogens with zero attached hydrogens (tertiary/aromatic N) is 1. The van der Waals surface area contributed by atoms with Gasteiger partial charge in [-0.25, -0.2) is 12.7 Å². The van der Waals surface area contributed by atoms with Crippen molar-refractivity contribution in [3.63, 3.8) is 0 Å². The molecule has 19 heavy (non-hydrogen) atoms. The molecule has 0 aliphatic rings. The lowest BCUT2D eigenvalue weighted by Gasteiger charge is -2.13. The van der Waals surface area contributed by atoms with Crippen LogP contribution in [0.15, 0.2) is 29.2 Å². The number of hydrogen-bond acceptors (Lipinski definition) is 4. The Morgan fingerprint density at radius 2 is 1.95 bits per heavy atom. The monoisotopic (exact) mass is 307 g/mol. The largest absolute Gasteiger partial charge is 0.325 e. The van der Waals surface area contributed by atoms with Gasteiger partial charge in [0.15, 0.2) is 0 Å². The molecular formula is C11H18ClN3O3S. The second kappa shape index (κ2) is 6.85. The average molecular weight is 308 g/mol. The predicted molar refractivity (Wildman–Crippen MR) is 76.8 cm³/mol. The van der Waals surface area contributed by atoms with Crippen molar-refractivity contribution in [2.45, 2.75) is 17.9 Å². The van der Waals surface area contributed by atoms with Crippen molar-refractivity contribution in [3.05, 3.63) is 24.3 Å². The van der Waals surface area contributed by atoms with Gasteiger partial charge in [-0.2, -0.15) is 0 Å². The van der Waals surface area contributed by atoms with Crippen molar-refractivity contribution in [3.8, 4) is 0 Å². The summed E-state index contributed by atoms with van der Waals surface area (Å²) in [6, 6.07) is 5.38. The summed E-state index contributed by atoms with van der Waals surface area (Å²) in [5.41, 5.74) is 5.82. The molecular weight excluding hydrogens is 290 g/mol. The number of sulfonamides is 1. The fourth-order valence-corrected chi connectivity index (χ4v) is 2.15. The highest BCUT2D eigenvalue weighted by molar-refractivity contribution is 7.89. The number of rotatable bonds is 4. The van der Waals surface area contributed by atoms with Gasteiger partial charge >= 0.3 is 0 Å².